The third kappa shape index (κ3) is 4.01. The van der Waals surface area contributed by atoms with Gasteiger partial charge in [-0.1, -0.05) is 17.7 Å². The van der Waals surface area contributed by atoms with Gasteiger partial charge in [-0.2, -0.15) is 4.73 Å². The van der Waals surface area contributed by atoms with Crippen LogP contribution < -0.4 is 15.7 Å². The minimum atomic E-state index is -1.19. The summed E-state index contributed by atoms with van der Waals surface area (Å²) >= 11 is 0. The van der Waals surface area contributed by atoms with Crippen molar-refractivity contribution in [2.24, 2.45) is 0 Å². The first-order valence-corrected chi connectivity index (χ1v) is 7.25. The molecular weight excluding hydrogens is 312 g/mol. The molecular formula is C17H18N2O5. The molecule has 0 saturated heterocycles. The van der Waals surface area contributed by atoms with Gasteiger partial charge in [-0.05, 0) is 38.0 Å². The topological polar surface area (TPSA) is 97.6 Å². The Morgan fingerprint density at radius 1 is 1.17 bits per heavy atom. The molecule has 0 atom stereocenters. The lowest BCUT2D eigenvalue weighted by Crippen LogP contribution is -2.32. The number of nitrogens with one attached hydrogen (secondary N) is 1. The SMILES string of the molecule is Cc1cc(C)c(NC(=O)COn2cc(C(=O)O)ccc2=O)c(C)c1. The number of benzene rings is 1. The summed E-state index contributed by atoms with van der Waals surface area (Å²) in [4.78, 5) is 39.7. The van der Waals surface area contributed by atoms with Crippen LogP contribution in [0.1, 0.15) is 27.0 Å². The predicted octanol–water partition coefficient (Wildman–Crippen LogP) is 1.54. The van der Waals surface area contributed by atoms with E-state index in [2.05, 4.69) is 5.32 Å². The summed E-state index contributed by atoms with van der Waals surface area (Å²) in [6, 6.07) is 6.13. The molecule has 2 N–H and O–H groups in total. The molecule has 0 aliphatic heterocycles. The summed E-state index contributed by atoms with van der Waals surface area (Å²) in [5, 5.41) is 11.6. The third-order valence-corrected chi connectivity index (χ3v) is 3.40. The Balaban J connectivity index is 2.08. The monoisotopic (exact) mass is 330 g/mol. The lowest BCUT2D eigenvalue weighted by atomic mass is 10.1. The van der Waals surface area contributed by atoms with E-state index in [0.717, 1.165) is 33.7 Å². The molecule has 24 heavy (non-hydrogen) atoms. The van der Waals surface area contributed by atoms with Crippen LogP contribution >= 0.6 is 0 Å². The minimum Gasteiger partial charge on any atom is -0.478 e. The Morgan fingerprint density at radius 2 is 1.79 bits per heavy atom. The molecule has 1 aromatic carbocycles. The number of aromatic nitrogens is 1. The van der Waals surface area contributed by atoms with Crippen LogP contribution in [0.5, 0.6) is 0 Å². The Labute approximate surface area is 138 Å². The quantitative estimate of drug-likeness (QED) is 0.866. The molecule has 2 aromatic rings. The second-order valence-corrected chi connectivity index (χ2v) is 5.48. The van der Waals surface area contributed by atoms with E-state index in [9.17, 15) is 14.4 Å². The van der Waals surface area contributed by atoms with E-state index < -0.39 is 24.0 Å². The number of amides is 1. The van der Waals surface area contributed by atoms with Crippen LogP contribution in [0.2, 0.25) is 0 Å². The van der Waals surface area contributed by atoms with Crippen LogP contribution in [0.4, 0.5) is 5.69 Å². The number of aromatic carboxylic acids is 1. The van der Waals surface area contributed by atoms with Crippen molar-refractivity contribution in [3.63, 3.8) is 0 Å². The van der Waals surface area contributed by atoms with Crippen molar-refractivity contribution in [1.29, 1.82) is 0 Å². The zero-order valence-corrected chi connectivity index (χ0v) is 13.6. The number of carbonyl (C=O) groups excluding carboxylic acids is 1. The molecule has 1 amide bonds. The number of carbonyl (C=O) groups is 2. The fraction of sp³-hybridized carbons (Fsp3) is 0.235. The molecule has 0 radical (unpaired) electrons. The first-order valence-electron chi connectivity index (χ1n) is 7.25. The first kappa shape index (κ1) is 17.3. The van der Waals surface area contributed by atoms with Crippen molar-refractivity contribution in [1.82, 2.24) is 4.73 Å². The highest BCUT2D eigenvalue weighted by Gasteiger charge is 2.11. The Kier molecular flexibility index (Phi) is 5.03. The fourth-order valence-corrected chi connectivity index (χ4v) is 2.38. The van der Waals surface area contributed by atoms with Crippen LogP contribution in [-0.2, 0) is 4.79 Å². The minimum absolute atomic E-state index is 0.111. The Morgan fingerprint density at radius 3 is 2.38 bits per heavy atom. The molecule has 1 heterocycles. The number of carboxylic acids is 1. The average Bonchev–Trinajstić information content (AvgIpc) is 2.49. The van der Waals surface area contributed by atoms with Gasteiger partial charge in [0.2, 0.25) is 0 Å². The second-order valence-electron chi connectivity index (χ2n) is 5.48. The van der Waals surface area contributed by atoms with Gasteiger partial charge in [0.25, 0.3) is 11.5 Å². The molecule has 0 bridgehead atoms. The van der Waals surface area contributed by atoms with Crippen molar-refractivity contribution < 1.29 is 19.5 Å². The maximum atomic E-state index is 12.0. The molecule has 7 nitrogen and oxygen atoms in total. The maximum absolute atomic E-state index is 12.0. The van der Waals surface area contributed by atoms with Gasteiger partial charge in [0.15, 0.2) is 6.61 Å². The number of aryl methyl sites for hydroxylation is 3. The van der Waals surface area contributed by atoms with E-state index in [-0.39, 0.29) is 5.56 Å². The number of anilines is 1. The van der Waals surface area contributed by atoms with Crippen molar-refractivity contribution in [3.05, 3.63) is 63.1 Å². The summed E-state index contributed by atoms with van der Waals surface area (Å²) < 4.78 is 0.734. The van der Waals surface area contributed by atoms with Crippen LogP contribution in [0.3, 0.4) is 0 Å². The molecule has 0 spiro atoms. The smallest absolute Gasteiger partial charge is 0.337 e. The lowest BCUT2D eigenvalue weighted by Gasteiger charge is -2.13. The molecule has 0 aliphatic rings. The zero-order valence-electron chi connectivity index (χ0n) is 13.6. The van der Waals surface area contributed by atoms with Crippen molar-refractivity contribution in [3.8, 4) is 0 Å². The molecule has 0 unspecified atom stereocenters. The van der Waals surface area contributed by atoms with E-state index in [1.54, 1.807) is 0 Å². The normalized spacial score (nSPS) is 10.3. The van der Waals surface area contributed by atoms with E-state index in [4.69, 9.17) is 9.94 Å². The molecule has 7 heteroatoms. The van der Waals surface area contributed by atoms with Gasteiger partial charge >= 0.3 is 5.97 Å². The number of hydrogen-bond donors (Lipinski definition) is 2. The van der Waals surface area contributed by atoms with Gasteiger partial charge in [0.1, 0.15) is 0 Å². The number of nitrogens with zero attached hydrogens (tertiary/aromatic N) is 1. The van der Waals surface area contributed by atoms with Crippen molar-refractivity contribution in [2.75, 3.05) is 11.9 Å². The van der Waals surface area contributed by atoms with Gasteiger partial charge in [-0.15, -0.1) is 0 Å². The Hall–Kier alpha value is -3.09. The molecule has 0 fully saturated rings. The van der Waals surface area contributed by atoms with Crippen molar-refractivity contribution >= 4 is 17.6 Å². The van der Waals surface area contributed by atoms with Crippen LogP contribution in [-0.4, -0.2) is 28.3 Å². The van der Waals surface area contributed by atoms with Crippen LogP contribution in [0, 0.1) is 20.8 Å². The van der Waals surface area contributed by atoms with Crippen LogP contribution in [0.25, 0.3) is 0 Å². The van der Waals surface area contributed by atoms with Gasteiger partial charge in [-0.25, -0.2) is 4.79 Å². The van der Waals surface area contributed by atoms with Crippen LogP contribution in [0.15, 0.2) is 35.3 Å². The van der Waals surface area contributed by atoms with Gasteiger partial charge in [0.05, 0.1) is 11.8 Å². The Bertz CT molecular complexity index is 831. The second kappa shape index (κ2) is 6.99. The summed E-state index contributed by atoms with van der Waals surface area (Å²) in [6.45, 7) is 5.32. The van der Waals surface area contributed by atoms with Gasteiger partial charge < -0.3 is 15.3 Å². The third-order valence-electron chi connectivity index (χ3n) is 3.40. The number of rotatable bonds is 5. The first-order chi connectivity index (χ1) is 11.3. The highest BCUT2D eigenvalue weighted by molar-refractivity contribution is 5.93. The van der Waals surface area contributed by atoms with E-state index >= 15 is 0 Å². The molecule has 126 valence electrons. The largest absolute Gasteiger partial charge is 0.478 e. The average molecular weight is 330 g/mol. The summed E-state index contributed by atoms with van der Waals surface area (Å²) in [6.07, 6.45) is 1.03. The molecule has 1 aromatic heterocycles. The van der Waals surface area contributed by atoms with Gasteiger partial charge in [0, 0.05) is 11.8 Å². The summed E-state index contributed by atoms with van der Waals surface area (Å²) in [7, 11) is 0. The standard InChI is InChI=1S/C17H18N2O5/c1-10-6-11(2)16(12(3)7-10)18-14(20)9-24-19-8-13(17(22)23)4-5-15(19)21/h4-8H,9H2,1-3H3,(H,18,20)(H,22,23). The van der Waals surface area contributed by atoms with E-state index in [1.807, 2.05) is 32.9 Å². The summed E-state index contributed by atoms with van der Waals surface area (Å²) in [5.41, 5.74) is 2.96. The highest BCUT2D eigenvalue weighted by Crippen LogP contribution is 2.21. The zero-order chi connectivity index (χ0) is 17.9. The number of carboxylic acid groups (broad SMARTS) is 1. The van der Waals surface area contributed by atoms with E-state index in [0.29, 0.717) is 5.69 Å². The molecule has 2 rings (SSSR count). The molecule has 0 saturated carbocycles. The summed E-state index contributed by atoms with van der Waals surface area (Å²) in [5.74, 6) is -1.64. The van der Waals surface area contributed by atoms with E-state index in [1.165, 1.54) is 6.07 Å². The maximum Gasteiger partial charge on any atom is 0.337 e. The highest BCUT2D eigenvalue weighted by atomic mass is 16.7. The predicted molar refractivity (Wildman–Crippen MR) is 88.4 cm³/mol. The van der Waals surface area contributed by atoms with Gasteiger partial charge in [-0.3, -0.25) is 9.59 Å². The number of hydrogen-bond acceptors (Lipinski definition) is 4. The molecule has 0 aliphatic carbocycles. The fourth-order valence-electron chi connectivity index (χ4n) is 2.38. The van der Waals surface area contributed by atoms with Crippen molar-refractivity contribution in [2.45, 2.75) is 20.8 Å². The lowest BCUT2D eigenvalue weighted by molar-refractivity contribution is -0.120. The number of pyridine rings is 1.